The lowest BCUT2D eigenvalue weighted by atomic mass is 10.2. The molecule has 0 radical (unpaired) electrons. The zero-order chi connectivity index (χ0) is 28.4. The Labute approximate surface area is 236 Å². The molecule has 0 aliphatic carbocycles. The molecule has 0 unspecified atom stereocenters. The molecule has 0 aliphatic rings. The maximum absolute atomic E-state index is 12.1. The molecule has 0 spiro atoms. The maximum Gasteiger partial charge on any atom is 0.338 e. The molecule has 226 valence electrons. The van der Waals surface area contributed by atoms with E-state index in [1.807, 2.05) is 12.1 Å². The smallest absolute Gasteiger partial charge is 0.338 e. The van der Waals surface area contributed by atoms with Crippen molar-refractivity contribution in [3.63, 3.8) is 0 Å². The van der Waals surface area contributed by atoms with Crippen LogP contribution in [-0.2, 0) is 37.6 Å². The summed E-state index contributed by atoms with van der Waals surface area (Å²) in [6.45, 7) is 16.3. The standard InChI is InChI=1S/C28H51NO9Si/c1-5-6-11-29-27-9-7-26(8-10-27)28(30)37-24-22-35-20-18-33-16-14-31-12-13-32-15-17-34-19-21-36-23-25-38-39(2,3)4/h7-10,29H,5-6,11-25H2,1-4H3. The highest BCUT2D eigenvalue weighted by Crippen LogP contribution is 2.11. The molecule has 0 aliphatic heterocycles. The zero-order valence-electron chi connectivity index (χ0n) is 24.5. The summed E-state index contributed by atoms with van der Waals surface area (Å²) >= 11 is 0. The fraction of sp³-hybridized carbons (Fsp3) is 0.750. The largest absolute Gasteiger partial charge is 0.460 e. The predicted molar refractivity (Wildman–Crippen MR) is 154 cm³/mol. The molecular weight excluding hydrogens is 522 g/mol. The Hall–Kier alpha value is -1.57. The molecule has 0 saturated carbocycles. The number of hydrogen-bond acceptors (Lipinski definition) is 10. The zero-order valence-corrected chi connectivity index (χ0v) is 25.5. The van der Waals surface area contributed by atoms with Crippen molar-refractivity contribution in [3.8, 4) is 0 Å². The van der Waals surface area contributed by atoms with E-state index in [2.05, 4.69) is 31.9 Å². The van der Waals surface area contributed by atoms with Gasteiger partial charge in [-0.05, 0) is 50.3 Å². The van der Waals surface area contributed by atoms with E-state index in [4.69, 9.17) is 37.6 Å². The van der Waals surface area contributed by atoms with Gasteiger partial charge in [0.2, 0.25) is 0 Å². The van der Waals surface area contributed by atoms with Crippen LogP contribution < -0.4 is 5.32 Å². The molecule has 0 saturated heterocycles. The van der Waals surface area contributed by atoms with E-state index < -0.39 is 8.32 Å². The monoisotopic (exact) mass is 573 g/mol. The lowest BCUT2D eigenvalue weighted by molar-refractivity contribution is -0.0202. The summed E-state index contributed by atoms with van der Waals surface area (Å²) in [6, 6.07) is 7.30. The third-order valence-corrected chi connectivity index (χ3v) is 6.13. The van der Waals surface area contributed by atoms with Gasteiger partial charge in [0, 0.05) is 12.2 Å². The van der Waals surface area contributed by atoms with E-state index in [1.54, 1.807) is 12.1 Å². The van der Waals surface area contributed by atoms with Gasteiger partial charge in [0.05, 0.1) is 91.5 Å². The first-order chi connectivity index (χ1) is 18.9. The molecule has 10 nitrogen and oxygen atoms in total. The van der Waals surface area contributed by atoms with Crippen LogP contribution in [0.4, 0.5) is 5.69 Å². The molecule has 39 heavy (non-hydrogen) atoms. The van der Waals surface area contributed by atoms with E-state index in [-0.39, 0.29) is 12.6 Å². The Bertz CT molecular complexity index is 701. The number of carbonyl (C=O) groups is 1. The van der Waals surface area contributed by atoms with E-state index in [0.29, 0.717) is 91.5 Å². The van der Waals surface area contributed by atoms with Crippen LogP contribution in [0.2, 0.25) is 19.6 Å². The van der Waals surface area contributed by atoms with Gasteiger partial charge < -0.3 is 42.9 Å². The number of rotatable bonds is 27. The molecule has 0 heterocycles. The second-order valence-electron chi connectivity index (χ2n) is 9.63. The number of nitrogens with one attached hydrogen (secondary N) is 1. The highest BCUT2D eigenvalue weighted by Gasteiger charge is 2.13. The Morgan fingerprint density at radius 3 is 1.46 bits per heavy atom. The summed E-state index contributed by atoms with van der Waals surface area (Å²) in [5.41, 5.74) is 1.53. The number of unbranched alkanes of at least 4 members (excludes halogenated alkanes) is 1. The van der Waals surface area contributed by atoms with Gasteiger partial charge in [0.25, 0.3) is 0 Å². The van der Waals surface area contributed by atoms with Crippen LogP contribution in [0, 0.1) is 0 Å². The highest BCUT2D eigenvalue weighted by atomic mass is 28.4. The molecule has 1 rings (SSSR count). The van der Waals surface area contributed by atoms with Crippen molar-refractivity contribution >= 4 is 20.0 Å². The minimum atomic E-state index is -1.45. The first-order valence-electron chi connectivity index (χ1n) is 14.0. The summed E-state index contributed by atoms with van der Waals surface area (Å²) < 4.78 is 43.7. The van der Waals surface area contributed by atoms with Crippen LogP contribution in [0.1, 0.15) is 30.1 Å². The number of ether oxygens (including phenoxy) is 7. The maximum atomic E-state index is 12.1. The number of anilines is 1. The predicted octanol–water partition coefficient (Wildman–Crippen LogP) is 4.01. The fourth-order valence-electron chi connectivity index (χ4n) is 3.02. The first kappa shape index (κ1) is 35.5. The number of benzene rings is 1. The van der Waals surface area contributed by atoms with Crippen molar-refractivity contribution in [1.82, 2.24) is 0 Å². The van der Waals surface area contributed by atoms with Crippen molar-refractivity contribution in [2.24, 2.45) is 0 Å². The average Bonchev–Trinajstić information content (AvgIpc) is 2.91. The lowest BCUT2D eigenvalue weighted by Crippen LogP contribution is -2.27. The average molecular weight is 574 g/mol. The van der Waals surface area contributed by atoms with Gasteiger partial charge in [-0.25, -0.2) is 4.79 Å². The van der Waals surface area contributed by atoms with Gasteiger partial charge in [0.1, 0.15) is 6.61 Å². The second kappa shape index (κ2) is 24.2. The van der Waals surface area contributed by atoms with Gasteiger partial charge in [-0.3, -0.25) is 0 Å². The Morgan fingerprint density at radius 2 is 1.05 bits per heavy atom. The Balaban J connectivity index is 1.78. The fourth-order valence-corrected chi connectivity index (χ4v) is 3.71. The summed E-state index contributed by atoms with van der Waals surface area (Å²) in [5, 5.41) is 3.32. The van der Waals surface area contributed by atoms with E-state index in [0.717, 1.165) is 25.1 Å². The molecular formula is C28H51NO9Si. The van der Waals surface area contributed by atoms with Crippen LogP contribution in [0.15, 0.2) is 24.3 Å². The molecule has 0 bridgehead atoms. The second-order valence-corrected chi connectivity index (χ2v) is 14.1. The normalized spacial score (nSPS) is 11.6. The quantitative estimate of drug-likeness (QED) is 0.0944. The van der Waals surface area contributed by atoms with Gasteiger partial charge in [-0.15, -0.1) is 0 Å². The number of carbonyl (C=O) groups excluding carboxylic acids is 1. The minimum absolute atomic E-state index is 0.200. The van der Waals surface area contributed by atoms with Crippen LogP contribution in [0.25, 0.3) is 0 Å². The molecule has 1 N–H and O–H groups in total. The van der Waals surface area contributed by atoms with Crippen molar-refractivity contribution in [2.45, 2.75) is 39.4 Å². The highest BCUT2D eigenvalue weighted by molar-refractivity contribution is 6.69. The van der Waals surface area contributed by atoms with Crippen molar-refractivity contribution < 1.29 is 42.4 Å². The molecule has 0 aromatic heterocycles. The molecule has 1 aromatic rings. The van der Waals surface area contributed by atoms with E-state index in [9.17, 15) is 4.79 Å². The molecule has 0 fully saturated rings. The van der Waals surface area contributed by atoms with Crippen molar-refractivity contribution in [2.75, 3.05) is 104 Å². The topological polar surface area (TPSA) is 103 Å². The van der Waals surface area contributed by atoms with Crippen LogP contribution in [0.3, 0.4) is 0 Å². The van der Waals surface area contributed by atoms with Crippen LogP contribution in [-0.4, -0.2) is 113 Å². The molecule has 0 amide bonds. The minimum Gasteiger partial charge on any atom is -0.460 e. The summed E-state index contributed by atoms with van der Waals surface area (Å²) in [4.78, 5) is 12.1. The van der Waals surface area contributed by atoms with Gasteiger partial charge >= 0.3 is 5.97 Å². The third kappa shape index (κ3) is 22.9. The third-order valence-electron chi connectivity index (χ3n) is 5.06. The molecule has 11 heteroatoms. The van der Waals surface area contributed by atoms with Crippen LogP contribution in [0.5, 0.6) is 0 Å². The lowest BCUT2D eigenvalue weighted by Gasteiger charge is -2.16. The molecule has 0 atom stereocenters. The van der Waals surface area contributed by atoms with Crippen molar-refractivity contribution in [1.29, 1.82) is 0 Å². The molecule has 1 aromatic carbocycles. The van der Waals surface area contributed by atoms with E-state index in [1.165, 1.54) is 0 Å². The Morgan fingerprint density at radius 1 is 0.641 bits per heavy atom. The van der Waals surface area contributed by atoms with Gasteiger partial charge in [0.15, 0.2) is 8.32 Å². The Kier molecular flexibility index (Phi) is 22.0. The first-order valence-corrected chi connectivity index (χ1v) is 17.4. The SMILES string of the molecule is CCCCNc1ccc(C(=O)OCCOCCOCCOCCOCCOCCOCCO[Si](C)(C)C)cc1. The van der Waals surface area contributed by atoms with Gasteiger partial charge in [-0.1, -0.05) is 13.3 Å². The van der Waals surface area contributed by atoms with E-state index >= 15 is 0 Å². The summed E-state index contributed by atoms with van der Waals surface area (Å²) in [6.07, 6.45) is 2.25. The number of esters is 1. The summed E-state index contributed by atoms with van der Waals surface area (Å²) in [7, 11) is -1.45. The van der Waals surface area contributed by atoms with Crippen molar-refractivity contribution in [3.05, 3.63) is 29.8 Å². The summed E-state index contributed by atoms with van der Waals surface area (Å²) in [5.74, 6) is -0.354. The van der Waals surface area contributed by atoms with Gasteiger partial charge in [-0.2, -0.15) is 0 Å². The number of hydrogen-bond donors (Lipinski definition) is 1. The van der Waals surface area contributed by atoms with Crippen LogP contribution >= 0.6 is 0 Å².